The summed E-state index contributed by atoms with van der Waals surface area (Å²) in [4.78, 5) is 0.347. The average Bonchev–Trinajstić information content (AvgIpc) is 2.25. The van der Waals surface area contributed by atoms with E-state index in [1.54, 1.807) is 24.3 Å². The van der Waals surface area contributed by atoms with Crippen molar-refractivity contribution < 1.29 is 8.42 Å². The van der Waals surface area contributed by atoms with Crippen LogP contribution in [-0.4, -0.2) is 34.3 Å². The van der Waals surface area contributed by atoms with Crippen LogP contribution in [0, 0.1) is 0 Å². The van der Waals surface area contributed by atoms with Gasteiger partial charge in [0.1, 0.15) is 0 Å². The van der Waals surface area contributed by atoms with Crippen LogP contribution >= 0.6 is 0 Å². The van der Waals surface area contributed by atoms with Crippen molar-refractivity contribution in [1.82, 2.24) is 5.32 Å². The van der Waals surface area contributed by atoms with Crippen molar-refractivity contribution in [1.29, 1.82) is 0 Å². The Morgan fingerprint density at radius 1 is 1.25 bits per heavy atom. The Kier molecular flexibility index (Phi) is 4.32. The van der Waals surface area contributed by atoms with Gasteiger partial charge in [0.2, 0.25) is 0 Å². The van der Waals surface area contributed by atoms with Gasteiger partial charge in [-0.1, -0.05) is 0 Å². The molecule has 0 bridgehead atoms. The predicted octanol–water partition coefficient (Wildman–Crippen LogP) is 1.11. The van der Waals surface area contributed by atoms with Crippen LogP contribution < -0.4 is 10.6 Å². The first-order valence-electron chi connectivity index (χ1n) is 5.14. The Labute approximate surface area is 97.0 Å². The molecule has 1 atom stereocenters. The average molecular weight is 242 g/mol. The molecule has 1 aromatic carbocycles. The minimum atomic E-state index is -3.10. The largest absolute Gasteiger partial charge is 0.383 e. The molecular formula is C11H18N2O2S. The number of rotatable bonds is 5. The molecule has 2 N–H and O–H groups in total. The second kappa shape index (κ2) is 5.32. The second-order valence-corrected chi connectivity index (χ2v) is 5.88. The predicted molar refractivity (Wildman–Crippen MR) is 66.6 cm³/mol. The van der Waals surface area contributed by atoms with E-state index in [9.17, 15) is 8.42 Å². The molecule has 0 aromatic heterocycles. The van der Waals surface area contributed by atoms with E-state index in [1.165, 1.54) is 6.26 Å². The lowest BCUT2D eigenvalue weighted by atomic mass is 10.3. The van der Waals surface area contributed by atoms with Gasteiger partial charge in [-0.05, 0) is 38.2 Å². The van der Waals surface area contributed by atoms with E-state index in [1.807, 2.05) is 7.05 Å². The molecule has 0 saturated carbocycles. The lowest BCUT2D eigenvalue weighted by Gasteiger charge is -2.12. The Balaban J connectivity index is 2.66. The summed E-state index contributed by atoms with van der Waals surface area (Å²) in [5.41, 5.74) is 0.925. The lowest BCUT2D eigenvalue weighted by Crippen LogP contribution is -2.29. The third-order valence-electron chi connectivity index (χ3n) is 2.39. The summed E-state index contributed by atoms with van der Waals surface area (Å²) < 4.78 is 22.5. The number of hydrogen-bond donors (Lipinski definition) is 2. The van der Waals surface area contributed by atoms with Gasteiger partial charge < -0.3 is 10.6 Å². The monoisotopic (exact) mass is 242 g/mol. The van der Waals surface area contributed by atoms with Gasteiger partial charge in [0.05, 0.1) is 4.90 Å². The van der Waals surface area contributed by atoms with Gasteiger partial charge in [0.25, 0.3) is 0 Å². The fourth-order valence-corrected chi connectivity index (χ4v) is 1.82. The number of nitrogens with one attached hydrogen (secondary N) is 2. The molecule has 16 heavy (non-hydrogen) atoms. The Hall–Kier alpha value is -1.07. The number of likely N-dealkylation sites (N-methyl/N-ethyl adjacent to an activating group) is 1. The summed E-state index contributed by atoms with van der Waals surface area (Å²) in [6.45, 7) is 2.87. The third kappa shape index (κ3) is 3.83. The maximum absolute atomic E-state index is 11.2. The van der Waals surface area contributed by atoms with Gasteiger partial charge in [0, 0.05) is 24.5 Å². The van der Waals surface area contributed by atoms with Crippen LogP contribution in [-0.2, 0) is 9.84 Å². The van der Waals surface area contributed by atoms with Crippen LogP contribution in [0.4, 0.5) is 5.69 Å². The van der Waals surface area contributed by atoms with Crippen molar-refractivity contribution in [3.05, 3.63) is 24.3 Å². The van der Waals surface area contributed by atoms with Gasteiger partial charge in [-0.25, -0.2) is 8.42 Å². The van der Waals surface area contributed by atoms with Crippen LogP contribution in [0.25, 0.3) is 0 Å². The van der Waals surface area contributed by atoms with E-state index < -0.39 is 9.84 Å². The van der Waals surface area contributed by atoms with Crippen molar-refractivity contribution in [2.24, 2.45) is 0 Å². The molecule has 0 amide bonds. The summed E-state index contributed by atoms with van der Waals surface area (Å²) in [6.07, 6.45) is 1.21. The number of hydrogen-bond acceptors (Lipinski definition) is 4. The van der Waals surface area contributed by atoms with Crippen LogP contribution in [0.3, 0.4) is 0 Å². The minimum Gasteiger partial charge on any atom is -0.383 e. The van der Waals surface area contributed by atoms with Crippen LogP contribution in [0.2, 0.25) is 0 Å². The molecule has 1 aromatic rings. The molecule has 4 nitrogen and oxygen atoms in total. The van der Waals surface area contributed by atoms with Gasteiger partial charge in [-0.2, -0.15) is 0 Å². The van der Waals surface area contributed by atoms with Crippen LogP contribution in [0.15, 0.2) is 29.2 Å². The van der Waals surface area contributed by atoms with Gasteiger partial charge in [0.15, 0.2) is 9.84 Å². The molecule has 0 spiro atoms. The van der Waals surface area contributed by atoms with E-state index in [0.29, 0.717) is 10.9 Å². The Bertz CT molecular complexity index is 426. The van der Waals surface area contributed by atoms with Crippen molar-refractivity contribution in [3.63, 3.8) is 0 Å². The highest BCUT2D eigenvalue weighted by Crippen LogP contribution is 2.13. The summed E-state index contributed by atoms with van der Waals surface area (Å²) in [5.74, 6) is 0. The molecule has 90 valence electrons. The molecule has 0 aliphatic rings. The van der Waals surface area contributed by atoms with Crippen molar-refractivity contribution in [2.75, 3.05) is 25.2 Å². The molecule has 0 saturated heterocycles. The van der Waals surface area contributed by atoms with Gasteiger partial charge in [-0.3, -0.25) is 0 Å². The molecule has 1 unspecified atom stereocenters. The van der Waals surface area contributed by atoms with E-state index >= 15 is 0 Å². The number of anilines is 1. The number of benzene rings is 1. The molecule has 5 heteroatoms. The van der Waals surface area contributed by atoms with E-state index in [4.69, 9.17) is 0 Å². The van der Waals surface area contributed by atoms with Crippen LogP contribution in [0.5, 0.6) is 0 Å². The van der Waals surface area contributed by atoms with Crippen molar-refractivity contribution in [3.8, 4) is 0 Å². The highest BCUT2D eigenvalue weighted by atomic mass is 32.2. The summed E-state index contributed by atoms with van der Waals surface area (Å²) >= 11 is 0. The normalized spacial score (nSPS) is 13.4. The fraction of sp³-hybridized carbons (Fsp3) is 0.455. The van der Waals surface area contributed by atoms with Crippen molar-refractivity contribution in [2.45, 2.75) is 17.9 Å². The smallest absolute Gasteiger partial charge is 0.175 e. The fourth-order valence-electron chi connectivity index (χ4n) is 1.19. The Morgan fingerprint density at radius 2 is 1.81 bits per heavy atom. The van der Waals surface area contributed by atoms with E-state index in [-0.39, 0.29) is 0 Å². The molecule has 0 aliphatic carbocycles. The summed E-state index contributed by atoms with van der Waals surface area (Å²) in [7, 11) is -1.19. The summed E-state index contributed by atoms with van der Waals surface area (Å²) in [6, 6.07) is 7.15. The highest BCUT2D eigenvalue weighted by molar-refractivity contribution is 7.90. The first-order valence-corrected chi connectivity index (χ1v) is 7.04. The lowest BCUT2D eigenvalue weighted by molar-refractivity contribution is 0.602. The van der Waals surface area contributed by atoms with E-state index in [2.05, 4.69) is 17.6 Å². The SMILES string of the molecule is CNC(C)CNc1ccc(S(C)(=O)=O)cc1. The third-order valence-corrected chi connectivity index (χ3v) is 3.52. The van der Waals surface area contributed by atoms with Crippen LogP contribution in [0.1, 0.15) is 6.92 Å². The first kappa shape index (κ1) is 13.0. The maximum Gasteiger partial charge on any atom is 0.175 e. The molecule has 0 aliphatic heterocycles. The second-order valence-electron chi connectivity index (χ2n) is 3.87. The Morgan fingerprint density at radius 3 is 2.25 bits per heavy atom. The first-order chi connectivity index (χ1) is 7.43. The quantitative estimate of drug-likeness (QED) is 0.812. The number of sulfone groups is 1. The molecule has 0 fully saturated rings. The van der Waals surface area contributed by atoms with Gasteiger partial charge >= 0.3 is 0 Å². The minimum absolute atomic E-state index is 0.347. The van der Waals surface area contributed by atoms with E-state index in [0.717, 1.165) is 12.2 Å². The van der Waals surface area contributed by atoms with Crippen molar-refractivity contribution >= 4 is 15.5 Å². The molecular weight excluding hydrogens is 224 g/mol. The maximum atomic E-state index is 11.2. The standard InChI is InChI=1S/C11H18N2O2S/c1-9(12-2)8-13-10-4-6-11(7-5-10)16(3,14)15/h4-7,9,12-13H,8H2,1-3H3. The molecule has 1 rings (SSSR count). The zero-order valence-corrected chi connectivity index (χ0v) is 10.6. The zero-order chi connectivity index (χ0) is 12.2. The molecule has 0 radical (unpaired) electrons. The van der Waals surface area contributed by atoms with Gasteiger partial charge in [-0.15, -0.1) is 0 Å². The topological polar surface area (TPSA) is 58.2 Å². The highest BCUT2D eigenvalue weighted by Gasteiger charge is 2.06. The molecule has 0 heterocycles. The zero-order valence-electron chi connectivity index (χ0n) is 9.82. The summed E-state index contributed by atoms with van der Waals surface area (Å²) in [5, 5.41) is 6.33.